The molecule has 29 heavy (non-hydrogen) atoms. The van der Waals surface area contributed by atoms with Crippen LogP contribution in [-0.2, 0) is 11.3 Å². The van der Waals surface area contributed by atoms with Crippen LogP contribution >= 0.6 is 0 Å². The summed E-state index contributed by atoms with van der Waals surface area (Å²) in [5.74, 6) is 0.639. The van der Waals surface area contributed by atoms with Crippen molar-refractivity contribution in [2.24, 2.45) is 0 Å². The highest BCUT2D eigenvalue weighted by Gasteiger charge is 2.21. The van der Waals surface area contributed by atoms with Crippen molar-refractivity contribution in [1.82, 2.24) is 19.9 Å². The van der Waals surface area contributed by atoms with Crippen molar-refractivity contribution < 1.29 is 4.79 Å². The van der Waals surface area contributed by atoms with Gasteiger partial charge < -0.3 is 5.32 Å². The molecule has 0 bridgehead atoms. The van der Waals surface area contributed by atoms with Gasteiger partial charge in [-0.05, 0) is 48.7 Å². The van der Waals surface area contributed by atoms with Crippen molar-refractivity contribution in [2.45, 2.75) is 26.4 Å². The fourth-order valence-corrected chi connectivity index (χ4v) is 3.29. The predicted octanol–water partition coefficient (Wildman–Crippen LogP) is 3.82. The van der Waals surface area contributed by atoms with E-state index >= 15 is 0 Å². The number of nitrogens with one attached hydrogen (secondary N) is 2. The van der Waals surface area contributed by atoms with Gasteiger partial charge >= 0.3 is 0 Å². The van der Waals surface area contributed by atoms with Crippen LogP contribution in [0.5, 0.6) is 0 Å². The smallest absolute Gasteiger partial charge is 0.246 e. The summed E-state index contributed by atoms with van der Waals surface area (Å²) < 4.78 is 1.91. The molecule has 0 aliphatic heterocycles. The fourth-order valence-electron chi connectivity index (χ4n) is 3.29. The number of carbonyl (C=O) groups is 1. The molecule has 6 heteroatoms. The van der Waals surface area contributed by atoms with Crippen LogP contribution in [0.1, 0.15) is 28.6 Å². The zero-order valence-electron chi connectivity index (χ0n) is 16.5. The van der Waals surface area contributed by atoms with Crippen LogP contribution in [0.15, 0.2) is 72.9 Å². The zero-order valence-corrected chi connectivity index (χ0v) is 16.5. The summed E-state index contributed by atoms with van der Waals surface area (Å²) in [6.45, 7) is 4.41. The molecule has 0 saturated carbocycles. The van der Waals surface area contributed by atoms with Crippen LogP contribution in [0.3, 0.4) is 0 Å². The van der Waals surface area contributed by atoms with Gasteiger partial charge in [-0.1, -0.05) is 48.5 Å². The number of nitrogens with zero attached hydrogens (tertiary/aromatic N) is 3. The van der Waals surface area contributed by atoms with Gasteiger partial charge in [0, 0.05) is 11.9 Å². The molecule has 0 radical (unpaired) electrons. The normalized spacial score (nSPS) is 12.1. The predicted molar refractivity (Wildman–Crippen MR) is 114 cm³/mol. The summed E-state index contributed by atoms with van der Waals surface area (Å²) in [5, 5.41) is 14.8. The lowest BCUT2D eigenvalue weighted by atomic mass is 10.1. The van der Waals surface area contributed by atoms with E-state index in [1.165, 1.54) is 0 Å². The Hall–Kier alpha value is -3.51. The third-order valence-electron chi connectivity index (χ3n) is 4.89. The Kier molecular flexibility index (Phi) is 5.35. The summed E-state index contributed by atoms with van der Waals surface area (Å²) >= 11 is 0. The van der Waals surface area contributed by atoms with Gasteiger partial charge in [-0.3, -0.25) is 14.5 Å². The highest BCUT2D eigenvalue weighted by Crippen LogP contribution is 2.20. The van der Waals surface area contributed by atoms with E-state index in [0.717, 1.165) is 33.8 Å². The Bertz CT molecular complexity index is 1140. The number of carbonyl (C=O) groups excluding carboxylic acids is 1. The Morgan fingerprint density at radius 2 is 1.79 bits per heavy atom. The second-order valence-electron chi connectivity index (χ2n) is 7.08. The molecule has 0 spiro atoms. The van der Waals surface area contributed by atoms with Gasteiger partial charge in [0.1, 0.15) is 6.04 Å². The molecule has 1 amide bonds. The van der Waals surface area contributed by atoms with E-state index in [2.05, 4.69) is 20.8 Å². The first-order valence-electron chi connectivity index (χ1n) is 9.57. The minimum atomic E-state index is -0.521. The summed E-state index contributed by atoms with van der Waals surface area (Å²) in [6, 6.07) is 21.0. The Balaban J connectivity index is 1.58. The molecule has 2 aromatic heterocycles. The van der Waals surface area contributed by atoms with Gasteiger partial charge in [0.05, 0.1) is 6.54 Å². The number of benzene rings is 2. The maximum Gasteiger partial charge on any atom is 0.246 e. The number of aromatic nitrogens is 3. The first-order valence-corrected chi connectivity index (χ1v) is 9.57. The molecule has 1 atom stereocenters. The first-order chi connectivity index (χ1) is 14.1. The molecule has 6 nitrogen and oxygen atoms in total. The van der Waals surface area contributed by atoms with Gasteiger partial charge in [0.25, 0.3) is 0 Å². The van der Waals surface area contributed by atoms with Gasteiger partial charge in [-0.25, -0.2) is 0 Å². The van der Waals surface area contributed by atoms with Crippen molar-refractivity contribution in [1.29, 1.82) is 0 Å². The van der Waals surface area contributed by atoms with Crippen molar-refractivity contribution in [2.75, 3.05) is 5.32 Å². The number of hydrogen-bond acceptors (Lipinski definition) is 4. The van der Waals surface area contributed by atoms with Crippen molar-refractivity contribution in [3.05, 3.63) is 95.4 Å². The topological polar surface area (TPSA) is 71.3 Å². The fraction of sp³-hybridized carbons (Fsp3) is 0.174. The molecule has 0 unspecified atom stereocenters. The average Bonchev–Trinajstić information content (AvgIpc) is 3.15. The standard InChI is InChI=1S/C23H23N5O/c1-16-11-12-17(2)19(14-16)25-23(29)22(18-8-4-3-5-9-18)24-15-21-27-26-20-10-6-7-13-28(20)21/h3-14,22,24H,15H2,1-2H3,(H,25,29)/t22-/m1/s1. The number of rotatable bonds is 6. The lowest BCUT2D eigenvalue weighted by molar-refractivity contribution is -0.118. The van der Waals surface area contributed by atoms with Crippen LogP contribution in [0.25, 0.3) is 5.65 Å². The lowest BCUT2D eigenvalue weighted by Crippen LogP contribution is -2.33. The summed E-state index contributed by atoms with van der Waals surface area (Å²) in [7, 11) is 0. The third kappa shape index (κ3) is 4.17. The Labute approximate surface area is 169 Å². The molecule has 2 N–H and O–H groups in total. The van der Waals surface area contributed by atoms with Crippen molar-refractivity contribution >= 4 is 17.2 Å². The minimum absolute atomic E-state index is 0.112. The maximum atomic E-state index is 13.2. The minimum Gasteiger partial charge on any atom is -0.324 e. The zero-order chi connectivity index (χ0) is 20.2. The molecular formula is C23H23N5O. The van der Waals surface area contributed by atoms with Gasteiger partial charge in [-0.15, -0.1) is 10.2 Å². The lowest BCUT2D eigenvalue weighted by Gasteiger charge is -2.19. The van der Waals surface area contributed by atoms with Gasteiger partial charge in [0.2, 0.25) is 5.91 Å². The first kappa shape index (κ1) is 18.8. The van der Waals surface area contributed by atoms with E-state index in [-0.39, 0.29) is 5.91 Å². The molecule has 0 fully saturated rings. The van der Waals surface area contributed by atoms with Crippen LogP contribution < -0.4 is 10.6 Å². The van der Waals surface area contributed by atoms with Crippen LogP contribution in [-0.4, -0.2) is 20.5 Å². The number of aryl methyl sites for hydroxylation is 2. The molecule has 2 heterocycles. The van der Waals surface area contributed by atoms with Crippen molar-refractivity contribution in [3.63, 3.8) is 0 Å². The van der Waals surface area contributed by atoms with Gasteiger partial charge in [0.15, 0.2) is 11.5 Å². The third-order valence-corrected chi connectivity index (χ3v) is 4.89. The molecule has 4 rings (SSSR count). The van der Waals surface area contributed by atoms with Crippen LogP contribution in [0.2, 0.25) is 0 Å². The number of hydrogen-bond donors (Lipinski definition) is 2. The summed E-state index contributed by atoms with van der Waals surface area (Å²) in [6.07, 6.45) is 1.92. The molecule has 146 valence electrons. The van der Waals surface area contributed by atoms with E-state index in [1.54, 1.807) is 0 Å². The second kappa shape index (κ2) is 8.24. The number of anilines is 1. The van der Waals surface area contributed by atoms with Crippen LogP contribution in [0, 0.1) is 13.8 Å². The van der Waals surface area contributed by atoms with Crippen LogP contribution in [0.4, 0.5) is 5.69 Å². The molecule has 0 saturated heterocycles. The van der Waals surface area contributed by atoms with Gasteiger partial charge in [-0.2, -0.15) is 0 Å². The highest BCUT2D eigenvalue weighted by molar-refractivity contribution is 5.96. The highest BCUT2D eigenvalue weighted by atomic mass is 16.2. The maximum absolute atomic E-state index is 13.2. The monoisotopic (exact) mass is 385 g/mol. The second-order valence-corrected chi connectivity index (χ2v) is 7.08. The Morgan fingerprint density at radius 1 is 1.00 bits per heavy atom. The molecule has 4 aromatic rings. The van der Waals surface area contributed by atoms with E-state index < -0.39 is 6.04 Å². The van der Waals surface area contributed by atoms with E-state index in [0.29, 0.717) is 6.54 Å². The van der Waals surface area contributed by atoms with E-state index in [4.69, 9.17) is 0 Å². The number of fused-ring (bicyclic) bond motifs is 1. The molecule has 2 aromatic carbocycles. The number of amides is 1. The average molecular weight is 385 g/mol. The molecule has 0 aliphatic rings. The quantitative estimate of drug-likeness (QED) is 0.529. The summed E-state index contributed by atoms with van der Waals surface area (Å²) in [4.78, 5) is 13.2. The SMILES string of the molecule is Cc1ccc(C)c(NC(=O)[C@H](NCc2nnc3ccccn23)c2ccccc2)c1. The molecule has 0 aliphatic carbocycles. The van der Waals surface area contributed by atoms with E-state index in [9.17, 15) is 4.79 Å². The largest absolute Gasteiger partial charge is 0.324 e. The van der Waals surface area contributed by atoms with E-state index in [1.807, 2.05) is 91.2 Å². The Morgan fingerprint density at radius 3 is 2.62 bits per heavy atom. The molecular weight excluding hydrogens is 362 g/mol. The van der Waals surface area contributed by atoms with Crippen molar-refractivity contribution in [3.8, 4) is 0 Å². The number of pyridine rings is 1. The summed E-state index contributed by atoms with van der Waals surface area (Å²) in [5.41, 5.74) is 4.62.